The van der Waals surface area contributed by atoms with Gasteiger partial charge in [0.2, 0.25) is 0 Å². The second-order valence-corrected chi connectivity index (χ2v) is 2.62. The fourth-order valence-electron chi connectivity index (χ4n) is 0.458. The lowest BCUT2D eigenvalue weighted by Crippen LogP contribution is -2.26. The van der Waals surface area contributed by atoms with Crippen molar-refractivity contribution < 1.29 is 0 Å². The van der Waals surface area contributed by atoms with Gasteiger partial charge in [-0.15, -0.1) is 11.6 Å². The molecule has 0 radical (unpaired) electrons. The molecule has 10 heavy (non-hydrogen) atoms. The second-order valence-electron chi connectivity index (χ2n) is 1.58. The number of nitrogens with zero attached hydrogens (tertiary/aromatic N) is 2. The Morgan fingerprint density at radius 2 is 2.40 bits per heavy atom. The van der Waals surface area contributed by atoms with Gasteiger partial charge in [0, 0.05) is 11.8 Å². The summed E-state index contributed by atoms with van der Waals surface area (Å²) in [4.78, 5) is 0. The Labute approximate surface area is 73.3 Å². The summed E-state index contributed by atoms with van der Waals surface area (Å²) < 4.78 is 1.12. The van der Waals surface area contributed by atoms with Gasteiger partial charge in [0.15, 0.2) is 0 Å². The molecule has 3 nitrogen and oxygen atoms in total. The maximum absolute atomic E-state index is 5.66. The van der Waals surface area contributed by atoms with Crippen LogP contribution in [0.2, 0.25) is 0 Å². The van der Waals surface area contributed by atoms with E-state index >= 15 is 0 Å². The molecule has 6 heteroatoms. The highest BCUT2D eigenvalue weighted by Crippen LogP contribution is 2.11. The zero-order chi connectivity index (χ0) is 7.56. The van der Waals surface area contributed by atoms with Crippen molar-refractivity contribution in [2.24, 2.45) is 5.10 Å². The van der Waals surface area contributed by atoms with Gasteiger partial charge in [-0.05, 0) is 0 Å². The third kappa shape index (κ3) is 1.68. The monoisotopic (exact) mass is 199 g/mol. The van der Waals surface area contributed by atoms with Crippen molar-refractivity contribution in [1.29, 1.82) is 0 Å². The molecule has 0 atom stereocenters. The van der Waals surface area contributed by atoms with E-state index in [9.17, 15) is 0 Å². The molecule has 1 aliphatic rings. The van der Waals surface area contributed by atoms with E-state index in [1.165, 1.54) is 6.20 Å². The van der Waals surface area contributed by atoms with Gasteiger partial charge < -0.3 is 0 Å². The van der Waals surface area contributed by atoms with E-state index in [0.29, 0.717) is 10.7 Å². The Balaban J connectivity index is 2.71. The average Bonchev–Trinajstić information content (AvgIpc) is 1.88. The van der Waals surface area contributed by atoms with Crippen LogP contribution in [0.4, 0.5) is 0 Å². The molecule has 0 saturated heterocycles. The maximum atomic E-state index is 5.66. The van der Waals surface area contributed by atoms with Crippen molar-refractivity contribution in [2.75, 3.05) is 5.88 Å². The summed E-state index contributed by atoms with van der Waals surface area (Å²) in [5, 5.41) is 4.19. The van der Waals surface area contributed by atoms with Crippen LogP contribution >= 0.6 is 35.0 Å². The van der Waals surface area contributed by atoms with Crippen LogP contribution in [0.3, 0.4) is 0 Å². The van der Waals surface area contributed by atoms with E-state index in [1.54, 1.807) is 0 Å². The summed E-state index contributed by atoms with van der Waals surface area (Å²) in [5.41, 5.74) is 3.04. The van der Waals surface area contributed by atoms with E-state index in [0.717, 1.165) is 4.53 Å². The molecule has 0 spiro atoms. The fraction of sp³-hybridized carbons (Fsp3) is 0.250. The van der Waals surface area contributed by atoms with E-state index < -0.39 is 0 Å². The molecule has 0 aliphatic carbocycles. The number of allylic oxidation sites excluding steroid dienone is 1. The van der Waals surface area contributed by atoms with Crippen molar-refractivity contribution in [3.05, 3.63) is 11.2 Å². The summed E-state index contributed by atoms with van der Waals surface area (Å²) in [5.74, 6) is 0.271. The van der Waals surface area contributed by atoms with Crippen LogP contribution in [0.25, 0.3) is 0 Å². The topological polar surface area (TPSA) is 27.6 Å². The molecule has 0 fully saturated rings. The minimum Gasteiger partial charge on any atom is -0.204 e. The number of alkyl halides is 1. The first kappa shape index (κ1) is 7.98. The van der Waals surface area contributed by atoms with Crippen molar-refractivity contribution in [3.8, 4) is 0 Å². The molecule has 0 bridgehead atoms. The Morgan fingerprint density at radius 3 is 2.90 bits per heavy atom. The maximum Gasteiger partial charge on any atom is 0.0973 e. The van der Waals surface area contributed by atoms with Gasteiger partial charge >= 0.3 is 0 Å². The third-order valence-electron chi connectivity index (χ3n) is 0.909. The Morgan fingerprint density at radius 1 is 1.70 bits per heavy atom. The number of nitrogens with one attached hydrogen (secondary N) is 1. The molecule has 0 aromatic carbocycles. The quantitative estimate of drug-likeness (QED) is 0.515. The minimum absolute atomic E-state index is 0.271. The highest BCUT2D eigenvalue weighted by Gasteiger charge is 2.09. The van der Waals surface area contributed by atoms with E-state index in [-0.39, 0.29) is 5.88 Å². The van der Waals surface area contributed by atoms with Gasteiger partial charge in [-0.3, -0.25) is 0 Å². The lowest BCUT2D eigenvalue weighted by atomic mass is 10.4. The number of hydrogen-bond acceptors (Lipinski definition) is 3. The highest BCUT2D eigenvalue weighted by atomic mass is 35.5. The molecule has 1 aliphatic heterocycles. The predicted octanol–water partition coefficient (Wildman–Crippen LogP) is 1.64. The normalized spacial score (nSPS) is 17.7. The van der Waals surface area contributed by atoms with Gasteiger partial charge in [-0.25, -0.2) is 5.53 Å². The van der Waals surface area contributed by atoms with Crippen LogP contribution in [0.15, 0.2) is 16.3 Å². The molecular weight excluding hydrogens is 196 g/mol. The molecule has 0 amide bonds. The third-order valence-corrected chi connectivity index (χ3v) is 1.65. The van der Waals surface area contributed by atoms with Gasteiger partial charge in [-0.1, -0.05) is 11.6 Å². The number of halogens is 3. The lowest BCUT2D eigenvalue weighted by molar-refractivity contribution is 0.448. The van der Waals surface area contributed by atoms with Crippen molar-refractivity contribution >= 4 is 40.7 Å². The van der Waals surface area contributed by atoms with Crippen LogP contribution in [0.1, 0.15) is 0 Å². The summed E-state index contributed by atoms with van der Waals surface area (Å²) in [7, 11) is 0. The first-order valence-corrected chi connectivity index (χ1v) is 3.70. The minimum atomic E-state index is 0.271. The van der Waals surface area contributed by atoms with Gasteiger partial charge in [0.1, 0.15) is 0 Å². The molecular formula is C4H4Cl3N3. The molecule has 1 heterocycles. The average molecular weight is 200 g/mol. The van der Waals surface area contributed by atoms with Gasteiger partial charge in [0.25, 0.3) is 0 Å². The lowest BCUT2D eigenvalue weighted by Gasteiger charge is -2.15. The van der Waals surface area contributed by atoms with Crippen LogP contribution < -0.4 is 5.53 Å². The van der Waals surface area contributed by atoms with E-state index in [4.69, 9.17) is 35.0 Å². The first-order valence-electron chi connectivity index (χ1n) is 2.45. The number of hydrogen-bond donors (Lipinski definition) is 1. The van der Waals surface area contributed by atoms with Crippen molar-refractivity contribution in [1.82, 2.24) is 10.1 Å². The summed E-state index contributed by atoms with van der Waals surface area (Å²) >= 11 is 16.6. The van der Waals surface area contributed by atoms with Crippen molar-refractivity contribution in [3.63, 3.8) is 0 Å². The summed E-state index contributed by atoms with van der Waals surface area (Å²) in [6, 6.07) is 0. The Bertz CT molecular complexity index is 188. The van der Waals surface area contributed by atoms with Crippen LogP contribution in [-0.2, 0) is 0 Å². The molecule has 56 valence electrons. The molecule has 1 N–H and O–H groups in total. The van der Waals surface area contributed by atoms with Crippen LogP contribution in [-0.4, -0.2) is 16.1 Å². The number of hydrazone groups is 1. The molecule has 1 rings (SSSR count). The molecule has 0 aromatic rings. The Kier molecular flexibility index (Phi) is 2.65. The molecule has 0 aromatic heterocycles. The van der Waals surface area contributed by atoms with Gasteiger partial charge in [0.05, 0.1) is 22.8 Å². The second kappa shape index (κ2) is 3.32. The summed E-state index contributed by atoms with van der Waals surface area (Å²) in [6.45, 7) is 0. The molecule has 0 unspecified atom stereocenters. The number of hydrazine groups is 1. The largest absolute Gasteiger partial charge is 0.204 e. The SMILES string of the molecule is ClCC1=NNN(Cl)C=C1Cl. The highest BCUT2D eigenvalue weighted by molar-refractivity contribution is 6.48. The van der Waals surface area contributed by atoms with Gasteiger partial charge in [-0.2, -0.15) is 9.63 Å². The predicted molar refractivity (Wildman–Crippen MR) is 42.9 cm³/mol. The van der Waals surface area contributed by atoms with E-state index in [2.05, 4.69) is 10.6 Å². The standard InChI is InChI=1S/C4H4Cl3N3/c5-1-4-3(6)2-10(7)9-8-4/h2,9H,1H2. The zero-order valence-corrected chi connectivity index (χ0v) is 7.08. The molecule has 0 saturated carbocycles. The smallest absolute Gasteiger partial charge is 0.0973 e. The van der Waals surface area contributed by atoms with Crippen molar-refractivity contribution in [2.45, 2.75) is 0 Å². The van der Waals surface area contributed by atoms with E-state index in [1.807, 2.05) is 0 Å². The summed E-state index contributed by atoms with van der Waals surface area (Å²) in [6.07, 6.45) is 1.48. The zero-order valence-electron chi connectivity index (χ0n) is 4.81. The van der Waals surface area contributed by atoms with Crippen LogP contribution in [0, 0.1) is 0 Å². The fourth-order valence-corrected chi connectivity index (χ4v) is 1.12. The first-order chi connectivity index (χ1) is 4.74. The number of rotatable bonds is 1. The van der Waals surface area contributed by atoms with Crippen LogP contribution in [0.5, 0.6) is 0 Å². The Hall–Kier alpha value is -0.120.